The fourth-order valence-corrected chi connectivity index (χ4v) is 3.44. The lowest BCUT2D eigenvalue weighted by molar-refractivity contribution is 0.0629. The van der Waals surface area contributed by atoms with Crippen LogP contribution in [0.4, 0.5) is 0 Å². The first kappa shape index (κ1) is 15.5. The minimum Gasteiger partial charge on any atom is -0.447 e. The Hall–Kier alpha value is -1.36. The monoisotopic (exact) mass is 305 g/mol. The minimum atomic E-state index is 0.0227. The van der Waals surface area contributed by atoms with Crippen molar-refractivity contribution in [2.75, 3.05) is 19.6 Å². The van der Waals surface area contributed by atoms with Gasteiger partial charge in [0.1, 0.15) is 6.26 Å². The molecule has 0 saturated carbocycles. The molecule has 1 atom stereocenters. The van der Waals surface area contributed by atoms with E-state index in [1.54, 1.807) is 0 Å². The minimum absolute atomic E-state index is 0.0227. The number of amides is 1. The van der Waals surface area contributed by atoms with Crippen molar-refractivity contribution in [2.24, 2.45) is 5.92 Å². The van der Waals surface area contributed by atoms with E-state index in [0.29, 0.717) is 17.6 Å². The molecule has 22 heavy (non-hydrogen) atoms. The number of nitrogens with zero attached hydrogens (tertiary/aromatic N) is 3. The molecule has 0 unspecified atom stereocenters. The Morgan fingerprint density at radius 1 is 1.23 bits per heavy atom. The first-order chi connectivity index (χ1) is 10.6. The highest BCUT2D eigenvalue weighted by molar-refractivity contribution is 5.92. The summed E-state index contributed by atoms with van der Waals surface area (Å²) in [5, 5.41) is 0. The van der Waals surface area contributed by atoms with Crippen molar-refractivity contribution >= 4 is 5.91 Å². The van der Waals surface area contributed by atoms with Crippen LogP contribution in [0, 0.1) is 5.92 Å². The van der Waals surface area contributed by atoms with Crippen molar-refractivity contribution in [1.82, 2.24) is 14.8 Å². The highest BCUT2D eigenvalue weighted by Crippen LogP contribution is 2.20. The fraction of sp³-hybridized carbons (Fsp3) is 0.765. The standard InChI is InChI=1S/C17H27N3O2/c1-13-6-9-19(10-7-13)11-16-18-15(12-22-16)17(21)20-8-4-3-5-14(20)2/h12-14H,3-11H2,1-2H3/t14-/m1/s1. The van der Waals surface area contributed by atoms with Gasteiger partial charge in [-0.25, -0.2) is 4.98 Å². The van der Waals surface area contributed by atoms with Gasteiger partial charge >= 0.3 is 0 Å². The number of oxazole rings is 1. The van der Waals surface area contributed by atoms with Crippen LogP contribution in [0.5, 0.6) is 0 Å². The molecule has 1 amide bonds. The fourth-order valence-electron chi connectivity index (χ4n) is 3.44. The van der Waals surface area contributed by atoms with Crippen LogP contribution in [0.3, 0.4) is 0 Å². The van der Waals surface area contributed by atoms with Gasteiger partial charge in [-0.15, -0.1) is 0 Å². The van der Waals surface area contributed by atoms with Crippen LogP contribution < -0.4 is 0 Å². The van der Waals surface area contributed by atoms with Crippen LogP contribution in [-0.4, -0.2) is 46.4 Å². The summed E-state index contributed by atoms with van der Waals surface area (Å²) in [7, 11) is 0. The average Bonchev–Trinajstić information content (AvgIpc) is 2.98. The Balaban J connectivity index is 1.59. The molecule has 2 aliphatic heterocycles. The van der Waals surface area contributed by atoms with Crippen molar-refractivity contribution in [3.8, 4) is 0 Å². The lowest BCUT2D eigenvalue weighted by Gasteiger charge is -2.32. The highest BCUT2D eigenvalue weighted by atomic mass is 16.3. The summed E-state index contributed by atoms with van der Waals surface area (Å²) in [5.74, 6) is 1.51. The molecule has 3 rings (SSSR count). The van der Waals surface area contributed by atoms with Crippen LogP contribution in [0.25, 0.3) is 0 Å². The second-order valence-electron chi connectivity index (χ2n) is 6.93. The Kier molecular flexibility index (Phi) is 4.81. The van der Waals surface area contributed by atoms with Crippen LogP contribution in [0.15, 0.2) is 10.7 Å². The number of hydrogen-bond donors (Lipinski definition) is 0. The number of rotatable bonds is 3. The predicted molar refractivity (Wildman–Crippen MR) is 84.5 cm³/mol. The lowest BCUT2D eigenvalue weighted by atomic mass is 9.99. The van der Waals surface area contributed by atoms with Gasteiger partial charge in [-0.05, 0) is 58.0 Å². The lowest BCUT2D eigenvalue weighted by Crippen LogP contribution is -2.42. The second-order valence-corrected chi connectivity index (χ2v) is 6.93. The zero-order chi connectivity index (χ0) is 15.5. The van der Waals surface area contributed by atoms with Crippen molar-refractivity contribution < 1.29 is 9.21 Å². The molecule has 0 N–H and O–H groups in total. The Morgan fingerprint density at radius 3 is 2.73 bits per heavy atom. The molecule has 0 bridgehead atoms. The van der Waals surface area contributed by atoms with E-state index in [2.05, 4.69) is 23.7 Å². The van der Waals surface area contributed by atoms with Crippen LogP contribution in [0.2, 0.25) is 0 Å². The number of piperidine rings is 2. The normalized spacial score (nSPS) is 24.6. The molecule has 1 aromatic heterocycles. The van der Waals surface area contributed by atoms with Crippen molar-refractivity contribution in [3.63, 3.8) is 0 Å². The molecule has 5 heteroatoms. The Labute approximate surface area is 132 Å². The third-order valence-electron chi connectivity index (χ3n) is 5.07. The summed E-state index contributed by atoms with van der Waals surface area (Å²) >= 11 is 0. The van der Waals surface area contributed by atoms with Gasteiger partial charge < -0.3 is 9.32 Å². The molecule has 122 valence electrons. The van der Waals surface area contributed by atoms with E-state index in [4.69, 9.17) is 4.42 Å². The Morgan fingerprint density at radius 2 is 2.00 bits per heavy atom. The zero-order valence-corrected chi connectivity index (χ0v) is 13.8. The molecule has 3 heterocycles. The predicted octanol–water partition coefficient (Wildman–Crippen LogP) is 2.92. The molecule has 2 aliphatic rings. The third kappa shape index (κ3) is 3.51. The molecular formula is C17H27N3O2. The molecule has 5 nitrogen and oxygen atoms in total. The molecular weight excluding hydrogens is 278 g/mol. The van der Waals surface area contributed by atoms with E-state index in [1.807, 2.05) is 4.90 Å². The summed E-state index contributed by atoms with van der Waals surface area (Å²) in [5.41, 5.74) is 0.467. The summed E-state index contributed by atoms with van der Waals surface area (Å²) in [6, 6.07) is 0.310. The molecule has 0 aromatic carbocycles. The van der Waals surface area contributed by atoms with E-state index in [0.717, 1.165) is 44.9 Å². The first-order valence-corrected chi connectivity index (χ1v) is 8.61. The van der Waals surface area contributed by atoms with E-state index < -0.39 is 0 Å². The first-order valence-electron chi connectivity index (χ1n) is 8.61. The number of carbonyl (C=O) groups excluding carboxylic acids is 1. The van der Waals surface area contributed by atoms with E-state index in [-0.39, 0.29) is 5.91 Å². The van der Waals surface area contributed by atoms with E-state index >= 15 is 0 Å². The smallest absolute Gasteiger partial charge is 0.276 e. The highest BCUT2D eigenvalue weighted by Gasteiger charge is 2.27. The van der Waals surface area contributed by atoms with Crippen LogP contribution in [0.1, 0.15) is 62.3 Å². The number of hydrogen-bond acceptors (Lipinski definition) is 4. The maximum Gasteiger partial charge on any atom is 0.276 e. The van der Waals surface area contributed by atoms with E-state index in [1.165, 1.54) is 25.5 Å². The maximum atomic E-state index is 12.5. The average molecular weight is 305 g/mol. The molecule has 1 aromatic rings. The van der Waals surface area contributed by atoms with Gasteiger partial charge in [-0.1, -0.05) is 6.92 Å². The van der Waals surface area contributed by atoms with Crippen molar-refractivity contribution in [3.05, 3.63) is 17.8 Å². The molecule has 2 fully saturated rings. The molecule has 2 saturated heterocycles. The third-order valence-corrected chi connectivity index (χ3v) is 5.07. The second kappa shape index (κ2) is 6.82. The molecule has 0 spiro atoms. The number of aromatic nitrogens is 1. The van der Waals surface area contributed by atoms with Gasteiger partial charge in [-0.3, -0.25) is 9.69 Å². The summed E-state index contributed by atoms with van der Waals surface area (Å²) in [6.45, 7) is 8.17. The topological polar surface area (TPSA) is 49.6 Å². The summed E-state index contributed by atoms with van der Waals surface area (Å²) < 4.78 is 5.54. The van der Waals surface area contributed by atoms with Crippen LogP contribution >= 0.6 is 0 Å². The Bertz CT molecular complexity index is 506. The van der Waals surface area contributed by atoms with Gasteiger partial charge in [0, 0.05) is 12.6 Å². The summed E-state index contributed by atoms with van der Waals surface area (Å²) in [4.78, 5) is 21.3. The largest absolute Gasteiger partial charge is 0.447 e. The molecule has 0 radical (unpaired) electrons. The quantitative estimate of drug-likeness (QED) is 0.861. The van der Waals surface area contributed by atoms with Gasteiger partial charge in [0.05, 0.1) is 6.54 Å². The SMILES string of the molecule is CC1CCN(Cc2nc(C(=O)N3CCCC[C@H]3C)co2)CC1. The van der Waals surface area contributed by atoms with Crippen molar-refractivity contribution in [2.45, 2.75) is 58.5 Å². The van der Waals surface area contributed by atoms with Gasteiger partial charge in [0.25, 0.3) is 5.91 Å². The summed E-state index contributed by atoms with van der Waals surface area (Å²) in [6.07, 6.45) is 7.39. The van der Waals surface area contributed by atoms with Crippen LogP contribution in [-0.2, 0) is 6.54 Å². The zero-order valence-electron chi connectivity index (χ0n) is 13.8. The van der Waals surface area contributed by atoms with E-state index in [9.17, 15) is 4.79 Å². The number of likely N-dealkylation sites (tertiary alicyclic amines) is 2. The molecule has 0 aliphatic carbocycles. The van der Waals surface area contributed by atoms with Gasteiger partial charge in [0.15, 0.2) is 5.69 Å². The number of carbonyl (C=O) groups is 1. The van der Waals surface area contributed by atoms with Gasteiger partial charge in [-0.2, -0.15) is 0 Å². The maximum absolute atomic E-state index is 12.5. The van der Waals surface area contributed by atoms with Gasteiger partial charge in [0.2, 0.25) is 5.89 Å². The van der Waals surface area contributed by atoms with Crippen molar-refractivity contribution in [1.29, 1.82) is 0 Å².